The zero-order chi connectivity index (χ0) is 23.3. The van der Waals surface area contributed by atoms with Crippen molar-refractivity contribution in [3.63, 3.8) is 0 Å². The maximum Gasteiger partial charge on any atom is 0.230 e. The lowest BCUT2D eigenvalue weighted by Gasteiger charge is -2.28. The van der Waals surface area contributed by atoms with Crippen molar-refractivity contribution in [2.45, 2.75) is 46.3 Å². The molecule has 5 rings (SSSR count). The van der Waals surface area contributed by atoms with Crippen molar-refractivity contribution >= 4 is 45.0 Å². The van der Waals surface area contributed by atoms with Crippen molar-refractivity contribution in [1.82, 2.24) is 15.2 Å². The Hall–Kier alpha value is -2.48. The Morgan fingerprint density at radius 3 is 2.67 bits per heavy atom. The summed E-state index contributed by atoms with van der Waals surface area (Å²) in [4.78, 5) is 31.0. The van der Waals surface area contributed by atoms with Crippen molar-refractivity contribution in [2.75, 3.05) is 13.1 Å². The molecular weight excluding hydrogens is 458 g/mol. The molecule has 2 amide bonds. The standard InChI is InChI=1S/C25H26ClN3O3S/c1-14-8-15(26)9-18(23(14)32-20-11-27-13-25(20,2)3)17-6-7-28-19-10-16(33-24(17)19)12-29-21(30)4-5-22(29)31/h6-10,20,27H,4-5,11-13H2,1-3H3. The number of carbonyl (C=O) groups excluding carboxylic acids is 2. The third kappa shape index (κ3) is 4.14. The van der Waals surface area contributed by atoms with Gasteiger partial charge >= 0.3 is 0 Å². The summed E-state index contributed by atoms with van der Waals surface area (Å²) in [6, 6.07) is 7.81. The largest absolute Gasteiger partial charge is 0.488 e. The van der Waals surface area contributed by atoms with Gasteiger partial charge in [-0.05, 0) is 36.8 Å². The van der Waals surface area contributed by atoms with Crippen LogP contribution in [0.5, 0.6) is 5.75 Å². The summed E-state index contributed by atoms with van der Waals surface area (Å²) < 4.78 is 7.61. The molecule has 0 saturated carbocycles. The quantitative estimate of drug-likeness (QED) is 0.520. The van der Waals surface area contributed by atoms with Gasteiger partial charge in [-0.15, -0.1) is 11.3 Å². The number of pyridine rings is 1. The molecule has 1 atom stereocenters. The number of rotatable bonds is 5. The van der Waals surface area contributed by atoms with E-state index in [2.05, 4.69) is 24.1 Å². The molecule has 33 heavy (non-hydrogen) atoms. The van der Waals surface area contributed by atoms with Gasteiger partial charge in [-0.2, -0.15) is 0 Å². The minimum Gasteiger partial charge on any atom is -0.488 e. The SMILES string of the molecule is Cc1cc(Cl)cc(-c2ccnc3cc(CN4C(=O)CCC4=O)sc23)c1OC1CNCC1(C)C. The van der Waals surface area contributed by atoms with Gasteiger partial charge in [0.15, 0.2) is 0 Å². The van der Waals surface area contributed by atoms with Crippen LogP contribution in [0.2, 0.25) is 5.02 Å². The zero-order valence-electron chi connectivity index (χ0n) is 18.9. The molecule has 0 aliphatic carbocycles. The van der Waals surface area contributed by atoms with E-state index in [1.54, 1.807) is 17.5 Å². The minimum atomic E-state index is -0.112. The van der Waals surface area contributed by atoms with E-state index in [1.165, 1.54) is 4.90 Å². The molecule has 4 heterocycles. The summed E-state index contributed by atoms with van der Waals surface area (Å²) in [6.07, 6.45) is 2.41. The van der Waals surface area contributed by atoms with Gasteiger partial charge in [0.2, 0.25) is 11.8 Å². The second kappa shape index (κ2) is 8.38. The lowest BCUT2D eigenvalue weighted by molar-refractivity contribution is -0.138. The second-order valence-corrected chi connectivity index (χ2v) is 11.1. The maximum absolute atomic E-state index is 12.1. The molecule has 0 radical (unpaired) electrons. The molecule has 1 unspecified atom stereocenters. The van der Waals surface area contributed by atoms with Crippen molar-refractivity contribution in [3.8, 4) is 16.9 Å². The fourth-order valence-electron chi connectivity index (χ4n) is 4.58. The maximum atomic E-state index is 12.1. The normalized spacial score (nSPS) is 20.2. The van der Waals surface area contributed by atoms with Gasteiger partial charge in [0.25, 0.3) is 0 Å². The van der Waals surface area contributed by atoms with E-state index in [0.717, 1.165) is 50.6 Å². The van der Waals surface area contributed by atoms with E-state index >= 15 is 0 Å². The highest BCUT2D eigenvalue weighted by Gasteiger charge is 2.37. The van der Waals surface area contributed by atoms with Gasteiger partial charge in [0.1, 0.15) is 11.9 Å². The van der Waals surface area contributed by atoms with Gasteiger partial charge in [-0.3, -0.25) is 19.5 Å². The number of halogens is 1. The van der Waals surface area contributed by atoms with Crippen LogP contribution in [0.1, 0.15) is 37.1 Å². The van der Waals surface area contributed by atoms with Crippen LogP contribution in [0.4, 0.5) is 0 Å². The molecule has 0 bridgehead atoms. The van der Waals surface area contributed by atoms with Gasteiger partial charge in [-0.25, -0.2) is 0 Å². The number of hydrogen-bond donors (Lipinski definition) is 1. The molecule has 2 saturated heterocycles. The van der Waals surface area contributed by atoms with Gasteiger partial charge in [0.05, 0.1) is 16.8 Å². The average Bonchev–Trinajstić information content (AvgIpc) is 3.42. The summed E-state index contributed by atoms with van der Waals surface area (Å²) in [5.41, 5.74) is 3.74. The molecule has 8 heteroatoms. The summed E-state index contributed by atoms with van der Waals surface area (Å²) >= 11 is 8.04. The van der Waals surface area contributed by atoms with Crippen LogP contribution >= 0.6 is 22.9 Å². The fraction of sp³-hybridized carbons (Fsp3) is 0.400. The number of ether oxygens (including phenoxy) is 1. The lowest BCUT2D eigenvalue weighted by atomic mass is 9.89. The first-order chi connectivity index (χ1) is 15.7. The number of nitrogens with zero attached hydrogens (tertiary/aromatic N) is 2. The van der Waals surface area contributed by atoms with E-state index in [1.807, 2.05) is 31.2 Å². The number of fused-ring (bicyclic) bond motifs is 1. The highest BCUT2D eigenvalue weighted by molar-refractivity contribution is 7.19. The molecule has 0 spiro atoms. The summed E-state index contributed by atoms with van der Waals surface area (Å²) in [5.74, 6) is 0.604. The van der Waals surface area contributed by atoms with Gasteiger partial charge in [-0.1, -0.05) is 25.4 Å². The monoisotopic (exact) mass is 483 g/mol. The topological polar surface area (TPSA) is 71.5 Å². The Labute approximate surface area is 201 Å². The molecular formula is C25H26ClN3O3S. The molecule has 6 nitrogen and oxygen atoms in total. The van der Waals surface area contributed by atoms with Gasteiger partial charge < -0.3 is 10.1 Å². The predicted octanol–water partition coefficient (Wildman–Crippen LogP) is 4.95. The molecule has 2 fully saturated rings. The summed E-state index contributed by atoms with van der Waals surface area (Å²) in [6.45, 7) is 8.42. The number of nitrogens with one attached hydrogen (secondary N) is 1. The molecule has 3 aromatic rings. The van der Waals surface area contributed by atoms with Crippen LogP contribution in [0.25, 0.3) is 21.3 Å². The van der Waals surface area contributed by atoms with E-state index in [-0.39, 0.29) is 29.9 Å². The predicted molar refractivity (Wildman–Crippen MR) is 131 cm³/mol. The molecule has 172 valence electrons. The molecule has 1 aromatic carbocycles. The van der Waals surface area contributed by atoms with Crippen molar-refractivity contribution in [1.29, 1.82) is 0 Å². The first kappa shape index (κ1) is 22.3. The number of thiophene rings is 1. The number of carbonyl (C=O) groups is 2. The van der Waals surface area contributed by atoms with E-state index in [4.69, 9.17) is 16.3 Å². The first-order valence-corrected chi connectivity index (χ1v) is 12.3. The van der Waals surface area contributed by atoms with Crippen LogP contribution in [0.15, 0.2) is 30.5 Å². The Kier molecular flexibility index (Phi) is 5.67. The van der Waals surface area contributed by atoms with Crippen LogP contribution in [0, 0.1) is 12.3 Å². The highest BCUT2D eigenvalue weighted by atomic mass is 35.5. The van der Waals surface area contributed by atoms with E-state index in [0.29, 0.717) is 17.9 Å². The Morgan fingerprint density at radius 2 is 1.97 bits per heavy atom. The molecule has 1 N–H and O–H groups in total. The average molecular weight is 484 g/mol. The van der Waals surface area contributed by atoms with E-state index < -0.39 is 0 Å². The lowest BCUT2D eigenvalue weighted by Crippen LogP contribution is -2.33. The molecule has 2 aliphatic heterocycles. The minimum absolute atomic E-state index is 0.0157. The van der Waals surface area contributed by atoms with E-state index in [9.17, 15) is 9.59 Å². The van der Waals surface area contributed by atoms with Crippen LogP contribution in [-0.2, 0) is 16.1 Å². The highest BCUT2D eigenvalue weighted by Crippen LogP contribution is 2.43. The zero-order valence-corrected chi connectivity index (χ0v) is 20.5. The van der Waals surface area contributed by atoms with Crippen molar-refractivity contribution < 1.29 is 14.3 Å². The summed E-state index contributed by atoms with van der Waals surface area (Å²) in [7, 11) is 0. The molecule has 2 aliphatic rings. The third-order valence-electron chi connectivity index (χ3n) is 6.50. The number of amides is 2. The number of imide groups is 1. The Balaban J connectivity index is 1.57. The second-order valence-electron chi connectivity index (χ2n) is 9.48. The van der Waals surface area contributed by atoms with Crippen molar-refractivity contribution in [2.24, 2.45) is 5.41 Å². The van der Waals surface area contributed by atoms with Crippen molar-refractivity contribution in [3.05, 3.63) is 45.9 Å². The number of likely N-dealkylation sites (tertiary alicyclic amines) is 1. The smallest absolute Gasteiger partial charge is 0.230 e. The van der Waals surface area contributed by atoms with Crippen LogP contribution in [-0.4, -0.2) is 40.9 Å². The third-order valence-corrected chi connectivity index (χ3v) is 7.86. The number of aryl methyl sites for hydroxylation is 1. The summed E-state index contributed by atoms with van der Waals surface area (Å²) in [5, 5.41) is 4.08. The Bertz CT molecular complexity index is 1250. The van der Waals surface area contributed by atoms with Crippen LogP contribution in [0.3, 0.4) is 0 Å². The molecule has 2 aromatic heterocycles. The van der Waals surface area contributed by atoms with Crippen LogP contribution < -0.4 is 10.1 Å². The first-order valence-electron chi connectivity index (χ1n) is 11.1. The number of benzene rings is 1. The Morgan fingerprint density at radius 1 is 1.21 bits per heavy atom. The van der Waals surface area contributed by atoms with Gasteiger partial charge in [0, 0.05) is 58.6 Å². The fourth-order valence-corrected chi connectivity index (χ4v) is 5.98. The number of hydrogen-bond acceptors (Lipinski definition) is 6. The number of aromatic nitrogens is 1.